The number of ether oxygens (including phenoxy) is 2. The number of alkyl halides is 3. The highest BCUT2D eigenvalue weighted by Gasteiger charge is 2.31. The SMILES string of the molecule is CCNCC(C)COc1ccc(OC(F)(F)F)c(Br)c1. The third-order valence-electron chi connectivity index (χ3n) is 2.41. The summed E-state index contributed by atoms with van der Waals surface area (Å²) in [4.78, 5) is 0. The van der Waals surface area contributed by atoms with Gasteiger partial charge in [-0.15, -0.1) is 13.2 Å². The Hall–Kier alpha value is -0.950. The summed E-state index contributed by atoms with van der Waals surface area (Å²) in [7, 11) is 0. The van der Waals surface area contributed by atoms with Crippen LogP contribution in [0.4, 0.5) is 13.2 Å². The molecular formula is C13H17BrF3NO2. The van der Waals surface area contributed by atoms with E-state index < -0.39 is 6.36 Å². The molecule has 0 saturated carbocycles. The van der Waals surface area contributed by atoms with Gasteiger partial charge in [-0.25, -0.2) is 0 Å². The van der Waals surface area contributed by atoms with Gasteiger partial charge in [0.05, 0.1) is 11.1 Å². The lowest BCUT2D eigenvalue weighted by Gasteiger charge is -2.15. The molecule has 0 aliphatic rings. The minimum absolute atomic E-state index is 0.201. The molecule has 1 unspecified atom stereocenters. The summed E-state index contributed by atoms with van der Waals surface area (Å²) in [5.74, 6) is 0.514. The monoisotopic (exact) mass is 355 g/mol. The predicted octanol–water partition coefficient (Wildman–Crippen LogP) is 3.97. The van der Waals surface area contributed by atoms with Crippen LogP contribution in [0.5, 0.6) is 11.5 Å². The first-order chi connectivity index (χ1) is 9.31. The summed E-state index contributed by atoms with van der Waals surface area (Å²) in [5, 5.41) is 3.20. The lowest BCUT2D eigenvalue weighted by Crippen LogP contribution is -2.24. The van der Waals surface area contributed by atoms with Crippen molar-refractivity contribution in [2.24, 2.45) is 5.92 Å². The summed E-state index contributed by atoms with van der Waals surface area (Å²) in [5.41, 5.74) is 0. The Balaban J connectivity index is 2.55. The fourth-order valence-corrected chi connectivity index (χ4v) is 1.91. The molecule has 3 nitrogen and oxygen atoms in total. The maximum Gasteiger partial charge on any atom is 0.573 e. The maximum absolute atomic E-state index is 12.1. The normalized spacial score (nSPS) is 13.1. The molecule has 0 bridgehead atoms. The molecule has 0 fully saturated rings. The molecule has 20 heavy (non-hydrogen) atoms. The highest BCUT2D eigenvalue weighted by Crippen LogP contribution is 2.33. The number of nitrogens with one attached hydrogen (secondary N) is 1. The van der Waals surface area contributed by atoms with Gasteiger partial charge in [-0.2, -0.15) is 0 Å². The number of rotatable bonds is 7. The quantitative estimate of drug-likeness (QED) is 0.802. The smallest absolute Gasteiger partial charge is 0.493 e. The van der Waals surface area contributed by atoms with Gasteiger partial charge in [0.2, 0.25) is 0 Å². The zero-order valence-corrected chi connectivity index (χ0v) is 12.8. The van der Waals surface area contributed by atoms with Gasteiger partial charge in [-0.3, -0.25) is 0 Å². The van der Waals surface area contributed by atoms with E-state index in [0.29, 0.717) is 18.3 Å². The van der Waals surface area contributed by atoms with Crippen LogP contribution in [0.25, 0.3) is 0 Å². The van der Waals surface area contributed by atoms with E-state index in [1.54, 1.807) is 0 Å². The van der Waals surface area contributed by atoms with Gasteiger partial charge in [-0.1, -0.05) is 13.8 Å². The third kappa shape index (κ3) is 6.47. The topological polar surface area (TPSA) is 30.5 Å². The number of benzene rings is 1. The van der Waals surface area contributed by atoms with Gasteiger partial charge < -0.3 is 14.8 Å². The van der Waals surface area contributed by atoms with Crippen molar-refractivity contribution >= 4 is 15.9 Å². The second-order valence-electron chi connectivity index (χ2n) is 4.36. The Bertz CT molecular complexity index is 427. The van der Waals surface area contributed by atoms with Crippen LogP contribution in [-0.4, -0.2) is 26.1 Å². The van der Waals surface area contributed by atoms with E-state index in [1.807, 2.05) is 13.8 Å². The van der Waals surface area contributed by atoms with Gasteiger partial charge >= 0.3 is 6.36 Å². The predicted molar refractivity (Wildman–Crippen MR) is 74.0 cm³/mol. The molecule has 0 amide bonds. The summed E-state index contributed by atoms with van der Waals surface area (Å²) >= 11 is 3.03. The van der Waals surface area contributed by atoms with Crippen molar-refractivity contribution in [3.05, 3.63) is 22.7 Å². The maximum atomic E-state index is 12.1. The van der Waals surface area contributed by atoms with Crippen LogP contribution in [0.1, 0.15) is 13.8 Å². The Morgan fingerprint density at radius 2 is 2.05 bits per heavy atom. The Labute approximate surface area is 124 Å². The average Bonchev–Trinajstić information content (AvgIpc) is 2.35. The van der Waals surface area contributed by atoms with E-state index in [2.05, 4.69) is 26.0 Å². The zero-order chi connectivity index (χ0) is 15.2. The molecule has 1 atom stereocenters. The largest absolute Gasteiger partial charge is 0.573 e. The highest BCUT2D eigenvalue weighted by atomic mass is 79.9. The molecule has 0 heterocycles. The molecule has 1 aromatic carbocycles. The van der Waals surface area contributed by atoms with Crippen LogP contribution in [0, 0.1) is 5.92 Å². The van der Waals surface area contributed by atoms with Crippen molar-refractivity contribution in [3.63, 3.8) is 0 Å². The van der Waals surface area contributed by atoms with Crippen molar-refractivity contribution in [3.8, 4) is 11.5 Å². The Morgan fingerprint density at radius 1 is 1.35 bits per heavy atom. The molecule has 0 aromatic heterocycles. The highest BCUT2D eigenvalue weighted by molar-refractivity contribution is 9.10. The molecule has 1 aromatic rings. The first kappa shape index (κ1) is 17.1. The second-order valence-corrected chi connectivity index (χ2v) is 5.22. The van der Waals surface area contributed by atoms with Crippen LogP contribution in [0.3, 0.4) is 0 Å². The molecule has 0 radical (unpaired) electrons. The Kier molecular flexibility index (Phi) is 6.61. The van der Waals surface area contributed by atoms with E-state index >= 15 is 0 Å². The zero-order valence-electron chi connectivity index (χ0n) is 11.3. The third-order valence-corrected chi connectivity index (χ3v) is 3.03. The van der Waals surface area contributed by atoms with Crippen molar-refractivity contribution < 1.29 is 22.6 Å². The fourth-order valence-electron chi connectivity index (χ4n) is 1.47. The van der Waals surface area contributed by atoms with E-state index in [-0.39, 0.29) is 10.2 Å². The average molecular weight is 356 g/mol. The lowest BCUT2D eigenvalue weighted by atomic mass is 10.2. The van der Waals surface area contributed by atoms with E-state index in [1.165, 1.54) is 18.2 Å². The van der Waals surface area contributed by atoms with E-state index in [4.69, 9.17) is 4.74 Å². The molecular weight excluding hydrogens is 339 g/mol. The van der Waals surface area contributed by atoms with Crippen LogP contribution in [0.2, 0.25) is 0 Å². The summed E-state index contributed by atoms with van der Waals surface area (Å²) < 4.78 is 45.9. The van der Waals surface area contributed by atoms with Gasteiger partial charge in [0.15, 0.2) is 0 Å². The summed E-state index contributed by atoms with van der Waals surface area (Å²) in [6.07, 6.45) is -4.70. The van der Waals surface area contributed by atoms with Crippen molar-refractivity contribution in [2.75, 3.05) is 19.7 Å². The van der Waals surface area contributed by atoms with Gasteiger partial charge in [0, 0.05) is 12.5 Å². The molecule has 1 rings (SSSR count). The van der Waals surface area contributed by atoms with E-state index in [9.17, 15) is 13.2 Å². The number of hydrogen-bond donors (Lipinski definition) is 1. The molecule has 0 aliphatic carbocycles. The van der Waals surface area contributed by atoms with Crippen molar-refractivity contribution in [1.29, 1.82) is 0 Å². The molecule has 0 saturated heterocycles. The number of hydrogen-bond acceptors (Lipinski definition) is 3. The molecule has 1 N–H and O–H groups in total. The van der Waals surface area contributed by atoms with E-state index in [0.717, 1.165) is 13.1 Å². The van der Waals surface area contributed by atoms with Crippen LogP contribution in [0.15, 0.2) is 22.7 Å². The fraction of sp³-hybridized carbons (Fsp3) is 0.538. The van der Waals surface area contributed by atoms with Crippen LogP contribution in [-0.2, 0) is 0 Å². The van der Waals surface area contributed by atoms with Gasteiger partial charge in [-0.05, 0) is 40.7 Å². The minimum atomic E-state index is -4.70. The van der Waals surface area contributed by atoms with Crippen LogP contribution >= 0.6 is 15.9 Å². The molecule has 114 valence electrons. The second kappa shape index (κ2) is 7.73. The summed E-state index contributed by atoms with van der Waals surface area (Å²) in [6.45, 7) is 6.24. The molecule has 0 aliphatic heterocycles. The van der Waals surface area contributed by atoms with Gasteiger partial charge in [0.1, 0.15) is 11.5 Å². The Morgan fingerprint density at radius 3 is 2.60 bits per heavy atom. The standard InChI is InChI=1S/C13H17BrF3NO2/c1-3-18-7-9(2)8-19-10-4-5-12(11(14)6-10)20-13(15,16)17/h4-6,9,18H,3,7-8H2,1-2H3. The van der Waals surface area contributed by atoms with Gasteiger partial charge in [0.25, 0.3) is 0 Å². The van der Waals surface area contributed by atoms with Crippen molar-refractivity contribution in [1.82, 2.24) is 5.32 Å². The number of halogens is 4. The molecule has 7 heteroatoms. The minimum Gasteiger partial charge on any atom is -0.493 e. The lowest BCUT2D eigenvalue weighted by molar-refractivity contribution is -0.274. The first-order valence-corrected chi connectivity index (χ1v) is 7.00. The first-order valence-electron chi connectivity index (χ1n) is 6.20. The van der Waals surface area contributed by atoms with Crippen molar-refractivity contribution in [2.45, 2.75) is 20.2 Å². The summed E-state index contributed by atoms with van der Waals surface area (Å²) in [6, 6.07) is 4.13. The molecule has 0 spiro atoms. The van der Waals surface area contributed by atoms with Crippen LogP contribution < -0.4 is 14.8 Å².